The third-order valence-corrected chi connectivity index (χ3v) is 5.51. The molecule has 3 heterocycles. The van der Waals surface area contributed by atoms with Crippen LogP contribution in [-0.4, -0.2) is 42.1 Å². The number of nitrogens with one attached hydrogen (secondary N) is 1. The summed E-state index contributed by atoms with van der Waals surface area (Å²) in [7, 11) is 0. The van der Waals surface area contributed by atoms with Crippen molar-refractivity contribution in [3.63, 3.8) is 0 Å². The van der Waals surface area contributed by atoms with Gasteiger partial charge in [-0.3, -0.25) is 15.0 Å². The number of nitriles is 1. The third-order valence-electron chi connectivity index (χ3n) is 4.70. The number of hydrogen-bond acceptors (Lipinski definition) is 7. The highest BCUT2D eigenvalue weighted by molar-refractivity contribution is 7.14. The molecule has 3 aromatic rings. The van der Waals surface area contributed by atoms with E-state index >= 15 is 0 Å². The summed E-state index contributed by atoms with van der Waals surface area (Å²) in [5.74, 6) is 0.808. The van der Waals surface area contributed by atoms with E-state index in [1.165, 1.54) is 11.3 Å². The number of anilines is 1. The van der Waals surface area contributed by atoms with Crippen LogP contribution in [0.2, 0.25) is 0 Å². The van der Waals surface area contributed by atoms with Crippen molar-refractivity contribution in [1.82, 2.24) is 9.88 Å². The average molecular weight is 408 g/mol. The molecule has 0 bridgehead atoms. The molecule has 0 atom stereocenters. The second-order valence-electron chi connectivity index (χ2n) is 6.76. The third kappa shape index (κ3) is 4.54. The smallest absolute Gasteiger partial charge is 0.261 e. The van der Waals surface area contributed by atoms with Crippen LogP contribution < -0.4 is 5.32 Å². The van der Waals surface area contributed by atoms with Gasteiger partial charge in [0.05, 0.1) is 36.1 Å². The molecule has 1 saturated heterocycles. The van der Waals surface area contributed by atoms with Crippen LogP contribution in [0.4, 0.5) is 5.13 Å². The molecule has 4 rings (SSSR count). The summed E-state index contributed by atoms with van der Waals surface area (Å²) in [5.41, 5.74) is 2.68. The van der Waals surface area contributed by atoms with Gasteiger partial charge >= 0.3 is 0 Å². The Bertz CT molecular complexity index is 1060. The molecule has 2 aromatic heterocycles. The molecule has 1 fully saturated rings. The number of ether oxygens (including phenoxy) is 1. The van der Waals surface area contributed by atoms with Gasteiger partial charge in [0.2, 0.25) is 0 Å². The Morgan fingerprint density at radius 2 is 2.17 bits per heavy atom. The van der Waals surface area contributed by atoms with Gasteiger partial charge in [0.1, 0.15) is 11.5 Å². The molecule has 0 saturated carbocycles. The standard InChI is InChI=1S/C21H20N4O3S/c1-14-18(10-19(28-14)16-4-2-3-15(9-16)11-22)20(26)24-21-23-17(13-29-21)12-25-5-7-27-8-6-25/h2-4,9-10,13H,5-8,12H2,1H3,(H,23,24,26). The molecule has 0 aliphatic carbocycles. The number of benzene rings is 1. The molecule has 7 nitrogen and oxygen atoms in total. The zero-order valence-electron chi connectivity index (χ0n) is 16.0. The van der Waals surface area contributed by atoms with Crippen LogP contribution in [0.25, 0.3) is 11.3 Å². The summed E-state index contributed by atoms with van der Waals surface area (Å²) in [6, 6.07) is 10.9. The first-order chi connectivity index (χ1) is 14.1. The molecule has 0 radical (unpaired) electrons. The quantitative estimate of drug-likeness (QED) is 0.693. The fourth-order valence-electron chi connectivity index (χ4n) is 3.18. The number of thiazole rings is 1. The fourth-order valence-corrected chi connectivity index (χ4v) is 3.88. The fraction of sp³-hybridized carbons (Fsp3) is 0.286. The van der Waals surface area contributed by atoms with Crippen molar-refractivity contribution in [3.05, 3.63) is 58.3 Å². The van der Waals surface area contributed by atoms with Crippen LogP contribution >= 0.6 is 11.3 Å². The molecular formula is C21H20N4O3S. The molecular weight excluding hydrogens is 388 g/mol. The number of amides is 1. The van der Waals surface area contributed by atoms with E-state index in [0.29, 0.717) is 27.8 Å². The first-order valence-electron chi connectivity index (χ1n) is 9.29. The zero-order valence-corrected chi connectivity index (χ0v) is 16.8. The lowest BCUT2D eigenvalue weighted by molar-refractivity contribution is 0.0337. The first kappa shape index (κ1) is 19.3. The van der Waals surface area contributed by atoms with Crippen molar-refractivity contribution in [1.29, 1.82) is 5.26 Å². The predicted molar refractivity (Wildman–Crippen MR) is 110 cm³/mol. The van der Waals surface area contributed by atoms with Crippen LogP contribution in [-0.2, 0) is 11.3 Å². The van der Waals surface area contributed by atoms with E-state index in [-0.39, 0.29) is 5.91 Å². The van der Waals surface area contributed by atoms with E-state index in [2.05, 4.69) is 21.3 Å². The maximum atomic E-state index is 12.7. The Hall–Kier alpha value is -2.99. The number of furan rings is 1. The number of aromatic nitrogens is 1. The van der Waals surface area contributed by atoms with Crippen molar-refractivity contribution in [3.8, 4) is 17.4 Å². The Labute approximate surface area is 172 Å². The minimum absolute atomic E-state index is 0.263. The summed E-state index contributed by atoms with van der Waals surface area (Å²) in [4.78, 5) is 19.5. The van der Waals surface area contributed by atoms with Gasteiger partial charge in [-0.1, -0.05) is 12.1 Å². The minimum Gasteiger partial charge on any atom is -0.461 e. The molecule has 29 heavy (non-hydrogen) atoms. The van der Waals surface area contributed by atoms with Gasteiger partial charge in [-0.05, 0) is 25.1 Å². The number of carbonyl (C=O) groups excluding carboxylic acids is 1. The summed E-state index contributed by atoms with van der Waals surface area (Å²) in [6.07, 6.45) is 0. The second-order valence-corrected chi connectivity index (χ2v) is 7.62. The van der Waals surface area contributed by atoms with Gasteiger partial charge in [0.25, 0.3) is 5.91 Å². The highest BCUT2D eigenvalue weighted by Crippen LogP contribution is 2.27. The highest BCUT2D eigenvalue weighted by atomic mass is 32.1. The Morgan fingerprint density at radius 3 is 2.97 bits per heavy atom. The van der Waals surface area contributed by atoms with E-state index < -0.39 is 0 Å². The first-order valence-corrected chi connectivity index (χ1v) is 10.2. The molecule has 0 unspecified atom stereocenters. The monoisotopic (exact) mass is 408 g/mol. The van der Waals surface area contributed by atoms with E-state index in [0.717, 1.165) is 44.1 Å². The van der Waals surface area contributed by atoms with E-state index in [1.807, 2.05) is 11.4 Å². The van der Waals surface area contributed by atoms with Gasteiger partial charge in [-0.25, -0.2) is 4.98 Å². The number of nitrogens with zero attached hydrogens (tertiary/aromatic N) is 3. The topological polar surface area (TPSA) is 91.4 Å². The van der Waals surface area contributed by atoms with Crippen LogP contribution in [0.5, 0.6) is 0 Å². The SMILES string of the molecule is Cc1oc(-c2cccc(C#N)c2)cc1C(=O)Nc1nc(CN2CCOCC2)cs1. The van der Waals surface area contributed by atoms with Crippen LogP contribution in [0, 0.1) is 18.3 Å². The lowest BCUT2D eigenvalue weighted by Crippen LogP contribution is -2.35. The van der Waals surface area contributed by atoms with Gasteiger partial charge < -0.3 is 9.15 Å². The van der Waals surface area contributed by atoms with Crippen LogP contribution in [0.1, 0.15) is 27.4 Å². The lowest BCUT2D eigenvalue weighted by Gasteiger charge is -2.25. The number of aryl methyl sites for hydroxylation is 1. The van der Waals surface area contributed by atoms with E-state index in [9.17, 15) is 4.79 Å². The highest BCUT2D eigenvalue weighted by Gasteiger charge is 2.18. The van der Waals surface area contributed by atoms with Gasteiger partial charge in [0, 0.05) is 30.6 Å². The normalized spacial score (nSPS) is 14.5. The van der Waals surface area contributed by atoms with Crippen molar-refractivity contribution in [2.45, 2.75) is 13.5 Å². The maximum Gasteiger partial charge on any atom is 0.261 e. The summed E-state index contributed by atoms with van der Waals surface area (Å²) < 4.78 is 11.1. The molecule has 1 aromatic carbocycles. The van der Waals surface area contributed by atoms with E-state index in [4.69, 9.17) is 14.4 Å². The Morgan fingerprint density at radius 1 is 1.34 bits per heavy atom. The number of rotatable bonds is 5. The molecule has 148 valence electrons. The second kappa shape index (κ2) is 8.57. The maximum absolute atomic E-state index is 12.7. The molecule has 1 amide bonds. The van der Waals surface area contributed by atoms with Crippen LogP contribution in [0.15, 0.2) is 40.1 Å². The predicted octanol–water partition coefficient (Wildman–Crippen LogP) is 3.67. The van der Waals surface area contributed by atoms with Gasteiger partial charge in [0.15, 0.2) is 5.13 Å². The average Bonchev–Trinajstić information content (AvgIpc) is 3.35. The molecule has 0 spiro atoms. The summed E-state index contributed by atoms with van der Waals surface area (Å²) in [5, 5.41) is 14.5. The molecule has 1 N–H and O–H groups in total. The van der Waals surface area contributed by atoms with Crippen LogP contribution in [0.3, 0.4) is 0 Å². The zero-order chi connectivity index (χ0) is 20.2. The number of morpholine rings is 1. The molecule has 1 aliphatic rings. The minimum atomic E-state index is -0.263. The van der Waals surface area contributed by atoms with Gasteiger partial charge in [-0.2, -0.15) is 5.26 Å². The lowest BCUT2D eigenvalue weighted by atomic mass is 10.1. The largest absolute Gasteiger partial charge is 0.461 e. The van der Waals surface area contributed by atoms with Crippen molar-refractivity contribution >= 4 is 22.4 Å². The van der Waals surface area contributed by atoms with Crippen molar-refractivity contribution in [2.75, 3.05) is 31.6 Å². The Balaban J connectivity index is 1.45. The number of carbonyl (C=O) groups is 1. The summed E-state index contributed by atoms with van der Waals surface area (Å²) >= 11 is 1.41. The van der Waals surface area contributed by atoms with Crippen molar-refractivity contribution < 1.29 is 13.9 Å². The van der Waals surface area contributed by atoms with Crippen molar-refractivity contribution in [2.24, 2.45) is 0 Å². The molecule has 8 heteroatoms. The Kier molecular flexibility index (Phi) is 5.71. The summed E-state index contributed by atoms with van der Waals surface area (Å²) in [6.45, 7) is 5.77. The van der Waals surface area contributed by atoms with Gasteiger partial charge in [-0.15, -0.1) is 11.3 Å². The molecule has 1 aliphatic heterocycles. The van der Waals surface area contributed by atoms with E-state index in [1.54, 1.807) is 31.2 Å². The number of hydrogen-bond donors (Lipinski definition) is 1.